The molecule has 1 aliphatic heterocycles. The molecule has 0 aromatic rings. The second-order valence-corrected chi connectivity index (χ2v) is 6.26. The molecule has 3 N–H and O–H groups in total. The van der Waals surface area contributed by atoms with E-state index in [4.69, 9.17) is 5.73 Å². The molecule has 0 aromatic carbocycles. The largest absolute Gasteiger partial charge is 0.356 e. The Bertz CT molecular complexity index is 359. The van der Waals surface area contributed by atoms with Crippen LogP contribution in [0.5, 0.6) is 0 Å². The van der Waals surface area contributed by atoms with E-state index in [-0.39, 0.29) is 11.8 Å². The van der Waals surface area contributed by atoms with Gasteiger partial charge in [-0.1, -0.05) is 6.42 Å². The number of rotatable bonds is 4. The molecule has 3 atom stereocenters. The predicted molar refractivity (Wildman–Crippen MR) is 77.9 cm³/mol. The monoisotopic (exact) mass is 281 g/mol. The van der Waals surface area contributed by atoms with Crippen LogP contribution in [0.3, 0.4) is 0 Å². The highest BCUT2D eigenvalue weighted by Crippen LogP contribution is 2.33. The zero-order chi connectivity index (χ0) is 14.5. The quantitative estimate of drug-likeness (QED) is 0.798. The first kappa shape index (κ1) is 15.3. The number of nitrogens with zero attached hydrogens (tertiary/aromatic N) is 1. The van der Waals surface area contributed by atoms with Gasteiger partial charge in [-0.25, -0.2) is 0 Å². The van der Waals surface area contributed by atoms with Crippen molar-refractivity contribution in [1.29, 1.82) is 0 Å². The minimum Gasteiger partial charge on any atom is -0.356 e. The number of nitrogens with two attached hydrogens (primary N) is 1. The van der Waals surface area contributed by atoms with Crippen molar-refractivity contribution < 1.29 is 9.59 Å². The molecule has 20 heavy (non-hydrogen) atoms. The molecule has 2 rings (SSSR count). The second-order valence-electron chi connectivity index (χ2n) is 6.26. The van der Waals surface area contributed by atoms with Crippen molar-refractivity contribution in [3.05, 3.63) is 0 Å². The maximum absolute atomic E-state index is 12.6. The summed E-state index contributed by atoms with van der Waals surface area (Å²) in [4.78, 5) is 25.6. The first-order valence-corrected chi connectivity index (χ1v) is 7.85. The lowest BCUT2D eigenvalue weighted by molar-refractivity contribution is -0.138. The Morgan fingerprint density at radius 3 is 2.75 bits per heavy atom. The van der Waals surface area contributed by atoms with Crippen LogP contribution in [-0.2, 0) is 9.59 Å². The molecule has 5 heteroatoms. The van der Waals surface area contributed by atoms with Crippen LogP contribution >= 0.6 is 0 Å². The van der Waals surface area contributed by atoms with E-state index in [9.17, 15) is 9.59 Å². The Balaban J connectivity index is 1.87. The van der Waals surface area contributed by atoms with E-state index in [1.165, 1.54) is 6.92 Å². The van der Waals surface area contributed by atoms with Crippen LogP contribution in [0.4, 0.5) is 0 Å². The number of amides is 2. The molecular formula is C15H27N3O2. The molecule has 0 spiro atoms. The summed E-state index contributed by atoms with van der Waals surface area (Å²) in [5, 5.41) is 2.87. The van der Waals surface area contributed by atoms with E-state index in [1.54, 1.807) is 0 Å². The molecule has 0 aromatic heterocycles. The van der Waals surface area contributed by atoms with Crippen molar-refractivity contribution in [2.45, 2.75) is 39.0 Å². The first-order valence-electron chi connectivity index (χ1n) is 7.85. The zero-order valence-electron chi connectivity index (χ0n) is 12.4. The van der Waals surface area contributed by atoms with Gasteiger partial charge in [-0.3, -0.25) is 9.59 Å². The van der Waals surface area contributed by atoms with Gasteiger partial charge in [0.15, 0.2) is 0 Å². The smallest absolute Gasteiger partial charge is 0.226 e. The third kappa shape index (κ3) is 3.72. The van der Waals surface area contributed by atoms with Crippen LogP contribution in [0.15, 0.2) is 0 Å². The number of hydrogen-bond acceptors (Lipinski definition) is 3. The number of carbonyl (C=O) groups is 2. The van der Waals surface area contributed by atoms with Gasteiger partial charge >= 0.3 is 0 Å². The highest BCUT2D eigenvalue weighted by molar-refractivity contribution is 5.79. The second kappa shape index (κ2) is 7.07. The Kier molecular flexibility index (Phi) is 5.40. The fourth-order valence-corrected chi connectivity index (χ4v) is 3.60. The van der Waals surface area contributed by atoms with Crippen molar-refractivity contribution in [3.63, 3.8) is 0 Å². The van der Waals surface area contributed by atoms with Crippen LogP contribution in [0, 0.1) is 17.8 Å². The Morgan fingerprint density at radius 1 is 1.25 bits per heavy atom. The molecule has 1 saturated carbocycles. The maximum atomic E-state index is 12.6. The third-order valence-electron chi connectivity index (χ3n) is 4.75. The van der Waals surface area contributed by atoms with Crippen molar-refractivity contribution in [3.8, 4) is 0 Å². The van der Waals surface area contributed by atoms with Gasteiger partial charge in [-0.15, -0.1) is 0 Å². The first-order chi connectivity index (χ1) is 9.61. The van der Waals surface area contributed by atoms with E-state index in [0.717, 1.165) is 45.2 Å². The summed E-state index contributed by atoms with van der Waals surface area (Å²) < 4.78 is 0. The number of hydrogen-bond donors (Lipinski definition) is 2. The summed E-state index contributed by atoms with van der Waals surface area (Å²) >= 11 is 0. The summed E-state index contributed by atoms with van der Waals surface area (Å²) in [5.74, 6) is 1.21. The third-order valence-corrected chi connectivity index (χ3v) is 4.75. The summed E-state index contributed by atoms with van der Waals surface area (Å²) in [6, 6.07) is 0. The average molecular weight is 281 g/mol. The predicted octanol–water partition coefficient (Wildman–Crippen LogP) is 0.736. The van der Waals surface area contributed by atoms with E-state index < -0.39 is 0 Å². The van der Waals surface area contributed by atoms with Gasteiger partial charge in [0, 0.05) is 32.5 Å². The minimum atomic E-state index is 0.00689. The maximum Gasteiger partial charge on any atom is 0.226 e. The van der Waals surface area contributed by atoms with Gasteiger partial charge in [-0.05, 0) is 44.1 Å². The molecule has 1 saturated heterocycles. The molecule has 0 bridgehead atoms. The topological polar surface area (TPSA) is 75.4 Å². The van der Waals surface area contributed by atoms with Crippen LogP contribution in [0.1, 0.15) is 39.0 Å². The van der Waals surface area contributed by atoms with Crippen molar-refractivity contribution in [2.75, 3.05) is 26.2 Å². The van der Waals surface area contributed by atoms with Gasteiger partial charge in [0.25, 0.3) is 0 Å². The number of carbonyl (C=O) groups excluding carboxylic acids is 2. The molecule has 1 heterocycles. The molecule has 1 aliphatic carbocycles. The minimum absolute atomic E-state index is 0.00689. The molecule has 0 radical (unpaired) electrons. The molecular weight excluding hydrogens is 254 g/mol. The summed E-state index contributed by atoms with van der Waals surface area (Å²) in [5.41, 5.74) is 5.78. The summed E-state index contributed by atoms with van der Waals surface area (Å²) in [6.45, 7) is 4.50. The van der Waals surface area contributed by atoms with Gasteiger partial charge < -0.3 is 16.0 Å². The van der Waals surface area contributed by atoms with Gasteiger partial charge in [-0.2, -0.15) is 0 Å². The average Bonchev–Trinajstić information content (AvgIpc) is 2.93. The highest BCUT2D eigenvalue weighted by atomic mass is 16.2. The van der Waals surface area contributed by atoms with Crippen LogP contribution in [0.25, 0.3) is 0 Å². The SMILES string of the molecule is CC(=O)NCC1CCCN(C(=O)[C@@H]2CCC[C@@H]2CN)C1. The van der Waals surface area contributed by atoms with E-state index in [1.807, 2.05) is 4.90 Å². The standard InChI is InChI=1S/C15H27N3O2/c1-11(19)17-9-12-4-3-7-18(10-12)15(20)14-6-2-5-13(14)8-16/h12-14H,2-10,16H2,1H3,(H,17,19)/t12?,13-,14-/m1/s1. The molecule has 1 unspecified atom stereocenters. The molecule has 5 nitrogen and oxygen atoms in total. The van der Waals surface area contributed by atoms with Crippen LogP contribution in [-0.4, -0.2) is 42.9 Å². The fourth-order valence-electron chi connectivity index (χ4n) is 3.60. The van der Waals surface area contributed by atoms with Crippen LogP contribution < -0.4 is 11.1 Å². The highest BCUT2D eigenvalue weighted by Gasteiger charge is 2.36. The molecule has 2 aliphatic rings. The van der Waals surface area contributed by atoms with Gasteiger partial charge in [0.2, 0.25) is 11.8 Å². The van der Waals surface area contributed by atoms with Gasteiger partial charge in [0.05, 0.1) is 0 Å². The lowest BCUT2D eigenvalue weighted by Gasteiger charge is -2.35. The Labute approximate surface area is 121 Å². The Hall–Kier alpha value is -1.10. The van der Waals surface area contributed by atoms with E-state index >= 15 is 0 Å². The number of likely N-dealkylation sites (tertiary alicyclic amines) is 1. The Morgan fingerprint density at radius 2 is 2.05 bits per heavy atom. The van der Waals surface area contributed by atoms with Crippen LogP contribution in [0.2, 0.25) is 0 Å². The lowest BCUT2D eigenvalue weighted by atomic mass is 9.92. The van der Waals surface area contributed by atoms with Gasteiger partial charge in [0.1, 0.15) is 0 Å². The number of nitrogens with one attached hydrogen (secondary N) is 1. The van der Waals surface area contributed by atoms with Crippen molar-refractivity contribution >= 4 is 11.8 Å². The molecule has 114 valence electrons. The zero-order valence-corrected chi connectivity index (χ0v) is 12.4. The van der Waals surface area contributed by atoms with Crippen molar-refractivity contribution in [1.82, 2.24) is 10.2 Å². The van der Waals surface area contributed by atoms with E-state index in [2.05, 4.69) is 5.32 Å². The molecule has 2 fully saturated rings. The molecule has 2 amide bonds. The fraction of sp³-hybridized carbons (Fsp3) is 0.867. The number of piperidine rings is 1. The summed E-state index contributed by atoms with van der Waals surface area (Å²) in [6.07, 6.45) is 5.34. The summed E-state index contributed by atoms with van der Waals surface area (Å²) in [7, 11) is 0. The van der Waals surface area contributed by atoms with Crippen molar-refractivity contribution in [2.24, 2.45) is 23.5 Å². The normalized spacial score (nSPS) is 30.3. The van der Waals surface area contributed by atoms with E-state index in [0.29, 0.717) is 30.8 Å². The lowest BCUT2D eigenvalue weighted by Crippen LogP contribution is -2.46.